The Labute approximate surface area is 84.7 Å². The van der Waals surface area contributed by atoms with Crippen molar-refractivity contribution >= 4 is 14.2 Å². The Balaban J connectivity index is 3.44. The van der Waals surface area contributed by atoms with E-state index in [1.807, 2.05) is 0 Å². The summed E-state index contributed by atoms with van der Waals surface area (Å²) in [6.07, 6.45) is -0.0580. The molecule has 0 saturated carbocycles. The van der Waals surface area contributed by atoms with E-state index in [1.54, 1.807) is 20.8 Å². The van der Waals surface area contributed by atoms with Crippen LogP contribution in [0.2, 0.25) is 0 Å². The van der Waals surface area contributed by atoms with Gasteiger partial charge in [0.15, 0.2) is 0 Å². The van der Waals surface area contributed by atoms with Gasteiger partial charge in [-0.3, -0.25) is 4.79 Å². The molecule has 0 heterocycles. The molecule has 0 aliphatic heterocycles. The first kappa shape index (κ1) is 13.5. The third kappa shape index (κ3) is 8.10. The second-order valence-electron chi connectivity index (χ2n) is 2.77. The van der Waals surface area contributed by atoms with E-state index in [0.29, 0.717) is 6.61 Å². The van der Waals surface area contributed by atoms with E-state index in [0.717, 1.165) is 0 Å². The average molecular weight is 223 g/mol. The van der Waals surface area contributed by atoms with Crippen molar-refractivity contribution in [1.29, 1.82) is 0 Å². The van der Waals surface area contributed by atoms with Gasteiger partial charge in [-0.2, -0.15) is 0 Å². The Hall–Kier alpha value is -0.510. The highest BCUT2D eigenvalue weighted by atomic mass is 31.1. The van der Waals surface area contributed by atoms with E-state index in [2.05, 4.69) is 4.74 Å². The quantitative estimate of drug-likeness (QED) is 0.488. The Morgan fingerprint density at radius 3 is 2.57 bits per heavy atom. The molecule has 14 heavy (non-hydrogen) atoms. The molecule has 0 saturated heterocycles. The lowest BCUT2D eigenvalue weighted by molar-refractivity contribution is -0.143. The van der Waals surface area contributed by atoms with Gasteiger partial charge in [0, 0.05) is 4.57 Å². The highest BCUT2D eigenvalue weighted by Crippen LogP contribution is 2.25. The molecule has 0 fully saturated rings. The van der Waals surface area contributed by atoms with Gasteiger partial charge in [-0.15, -0.1) is 9.05 Å². The summed E-state index contributed by atoms with van der Waals surface area (Å²) in [5, 5.41) is 0. The van der Waals surface area contributed by atoms with Crippen molar-refractivity contribution in [1.82, 2.24) is 0 Å². The topological polar surface area (TPSA) is 61.8 Å². The van der Waals surface area contributed by atoms with E-state index in [9.17, 15) is 9.36 Å². The first-order chi connectivity index (χ1) is 6.56. The molecular weight excluding hydrogens is 207 g/mol. The average Bonchev–Trinajstić information content (AvgIpc) is 2.02. The maximum absolute atomic E-state index is 10.9. The molecule has 0 bridgehead atoms. The molecule has 0 N–H and O–H groups in total. The highest BCUT2D eigenvalue weighted by Gasteiger charge is 2.22. The Kier molecular flexibility index (Phi) is 7.57. The van der Waals surface area contributed by atoms with E-state index >= 15 is 0 Å². The van der Waals surface area contributed by atoms with Crippen LogP contribution < -0.4 is 0 Å². The molecule has 0 aliphatic carbocycles. The lowest BCUT2D eigenvalue weighted by atomic mass is 10.5. The van der Waals surface area contributed by atoms with Crippen molar-refractivity contribution in [3.8, 4) is 0 Å². The summed E-state index contributed by atoms with van der Waals surface area (Å²) >= 11 is 0. The molecule has 82 valence electrons. The van der Waals surface area contributed by atoms with Crippen molar-refractivity contribution < 1.29 is 23.1 Å². The number of carbonyl (C=O) groups is 1. The Bertz CT molecular complexity index is 192. The second-order valence-corrected chi connectivity index (χ2v) is 3.68. The van der Waals surface area contributed by atoms with Crippen LogP contribution in [-0.2, 0) is 23.1 Å². The number of rotatable bonds is 7. The molecule has 0 radical (unpaired) electrons. The zero-order valence-corrected chi connectivity index (χ0v) is 9.58. The maximum Gasteiger partial charge on any atom is 0.697 e. The predicted molar refractivity (Wildman–Crippen MR) is 51.0 cm³/mol. The summed E-state index contributed by atoms with van der Waals surface area (Å²) in [7, 11) is -2.12. The van der Waals surface area contributed by atoms with Gasteiger partial charge in [0.25, 0.3) is 0 Å². The summed E-state index contributed by atoms with van der Waals surface area (Å²) in [6.45, 7) is 5.62. The molecule has 0 aliphatic rings. The predicted octanol–water partition coefficient (Wildman–Crippen LogP) is 2.04. The molecule has 0 aromatic rings. The fourth-order valence-electron chi connectivity index (χ4n) is 0.639. The van der Waals surface area contributed by atoms with Crippen LogP contribution in [0.3, 0.4) is 0 Å². The third-order valence-electron chi connectivity index (χ3n) is 1.11. The number of hydrogen-bond donors (Lipinski definition) is 0. The van der Waals surface area contributed by atoms with Crippen LogP contribution in [0.15, 0.2) is 0 Å². The minimum absolute atomic E-state index is 0.0563. The van der Waals surface area contributed by atoms with Crippen LogP contribution in [0.5, 0.6) is 0 Å². The van der Waals surface area contributed by atoms with Crippen molar-refractivity contribution in [2.24, 2.45) is 0 Å². The minimum Gasteiger partial charge on any atom is -0.466 e. The van der Waals surface area contributed by atoms with Crippen molar-refractivity contribution in [2.75, 3.05) is 13.2 Å². The Morgan fingerprint density at radius 2 is 2.07 bits per heavy atom. The molecule has 0 aromatic carbocycles. The van der Waals surface area contributed by atoms with E-state index in [1.165, 1.54) is 0 Å². The molecule has 5 nitrogen and oxygen atoms in total. The van der Waals surface area contributed by atoms with Gasteiger partial charge in [-0.25, -0.2) is 0 Å². The smallest absolute Gasteiger partial charge is 0.466 e. The number of hydrogen-bond acceptors (Lipinski definition) is 5. The molecule has 0 spiro atoms. The van der Waals surface area contributed by atoms with Crippen LogP contribution in [0.1, 0.15) is 27.2 Å². The van der Waals surface area contributed by atoms with Gasteiger partial charge in [0.1, 0.15) is 12.7 Å². The third-order valence-corrected chi connectivity index (χ3v) is 2.09. The van der Waals surface area contributed by atoms with E-state index in [-0.39, 0.29) is 25.1 Å². The molecule has 0 amide bonds. The minimum atomic E-state index is -2.12. The van der Waals surface area contributed by atoms with Gasteiger partial charge in [-0.05, 0) is 20.8 Å². The van der Waals surface area contributed by atoms with Crippen LogP contribution >= 0.6 is 8.25 Å². The van der Waals surface area contributed by atoms with Crippen molar-refractivity contribution in [3.63, 3.8) is 0 Å². The van der Waals surface area contributed by atoms with Crippen LogP contribution in [-0.4, -0.2) is 25.3 Å². The first-order valence-electron chi connectivity index (χ1n) is 4.48. The zero-order chi connectivity index (χ0) is 11.0. The molecule has 0 aromatic heterocycles. The van der Waals surface area contributed by atoms with E-state index < -0.39 is 8.25 Å². The monoisotopic (exact) mass is 223 g/mol. The van der Waals surface area contributed by atoms with Gasteiger partial charge < -0.3 is 4.74 Å². The van der Waals surface area contributed by atoms with Crippen LogP contribution in [0, 0.1) is 0 Å². The normalized spacial score (nSPS) is 11.6. The van der Waals surface area contributed by atoms with Gasteiger partial charge in [0.2, 0.25) is 0 Å². The fourth-order valence-corrected chi connectivity index (χ4v) is 1.28. The maximum atomic E-state index is 10.9. The van der Waals surface area contributed by atoms with Crippen molar-refractivity contribution in [3.05, 3.63) is 0 Å². The zero-order valence-electron chi connectivity index (χ0n) is 8.69. The molecular formula is C8H16O5P+. The number of esters is 1. The molecule has 6 heteroatoms. The number of ether oxygens (including phenoxy) is 1. The number of carbonyl (C=O) groups excluding carboxylic acids is 1. The standard InChI is InChI=1S/C8H16O5P/c1-4-11-8(9)5-6-12-14(10)13-7(2)3/h7H,4-6H2,1-3H3/q+1. The lowest BCUT2D eigenvalue weighted by Gasteiger charge is -1.97. The van der Waals surface area contributed by atoms with Gasteiger partial charge in [0.05, 0.1) is 13.0 Å². The SMILES string of the molecule is CCOC(=O)CCO[P+](=O)OC(C)C. The summed E-state index contributed by atoms with van der Waals surface area (Å²) in [6, 6.07) is 0. The molecule has 0 rings (SSSR count). The van der Waals surface area contributed by atoms with Crippen LogP contribution in [0.4, 0.5) is 0 Å². The Morgan fingerprint density at radius 1 is 1.43 bits per heavy atom. The highest BCUT2D eigenvalue weighted by molar-refractivity contribution is 7.33. The second kappa shape index (κ2) is 7.85. The first-order valence-corrected chi connectivity index (χ1v) is 5.58. The van der Waals surface area contributed by atoms with Crippen LogP contribution in [0.25, 0.3) is 0 Å². The summed E-state index contributed by atoms with van der Waals surface area (Å²) in [5.74, 6) is -0.361. The lowest BCUT2D eigenvalue weighted by Crippen LogP contribution is -2.07. The summed E-state index contributed by atoms with van der Waals surface area (Å²) < 4.78 is 25.2. The fraction of sp³-hybridized carbons (Fsp3) is 0.875. The van der Waals surface area contributed by atoms with Crippen molar-refractivity contribution in [2.45, 2.75) is 33.3 Å². The molecule has 1 atom stereocenters. The summed E-state index contributed by atoms with van der Waals surface area (Å²) in [5.41, 5.74) is 0. The van der Waals surface area contributed by atoms with Gasteiger partial charge in [-0.1, -0.05) is 0 Å². The molecule has 1 unspecified atom stereocenters. The largest absolute Gasteiger partial charge is 0.697 e. The van der Waals surface area contributed by atoms with Gasteiger partial charge >= 0.3 is 14.2 Å². The van der Waals surface area contributed by atoms with E-state index in [4.69, 9.17) is 9.05 Å². The summed E-state index contributed by atoms with van der Waals surface area (Å²) in [4.78, 5) is 10.8.